The summed E-state index contributed by atoms with van der Waals surface area (Å²) >= 11 is 1.59. The number of nitrogens with one attached hydrogen (secondary N) is 1. The summed E-state index contributed by atoms with van der Waals surface area (Å²) in [5.41, 5.74) is 7.80. The number of rotatable bonds is 9. The molecule has 2 aliphatic heterocycles. The number of nitrogens with zero attached hydrogens (tertiary/aromatic N) is 3. The summed E-state index contributed by atoms with van der Waals surface area (Å²) in [6.07, 6.45) is 4.08. The number of carbonyl (C=O) groups excluding carboxylic acids is 1. The van der Waals surface area contributed by atoms with Gasteiger partial charge >= 0.3 is 0 Å². The van der Waals surface area contributed by atoms with Crippen molar-refractivity contribution in [2.75, 3.05) is 40.0 Å². The van der Waals surface area contributed by atoms with E-state index < -0.39 is 5.82 Å². The van der Waals surface area contributed by atoms with Gasteiger partial charge in [0.15, 0.2) is 0 Å². The second-order valence-corrected chi connectivity index (χ2v) is 12.9. The summed E-state index contributed by atoms with van der Waals surface area (Å²) in [6, 6.07) is 14.9. The Bertz CT molecular complexity index is 2080. The first-order valence-corrected chi connectivity index (χ1v) is 16.5. The Kier molecular flexibility index (Phi) is 8.48. The standard InChI is InChI=1S/C37H35FN4O4S/c1-4-32(43)41-20-28(21-41)42-19-26(15-22(2)37(42)44)35-33(29-8-7-27(38)17-31(29)46-13-12-45-3)36-30(10-14-47-36)34(40-35)24-5-6-25-18-39-11-9-23(25)16-24/h4-8,10,14-17,19,28,39H,1,9,11-13,18,20-21H2,2-3H3. The SMILES string of the molecule is C=CC(=O)N1CC(n2cc(-c3nc(-c4ccc5c(c4)CCNC5)c4ccsc4c3-c3ccc(F)cc3OCCOC)cc(C)c2=O)C1. The van der Waals surface area contributed by atoms with Gasteiger partial charge in [0, 0.05) is 76.9 Å². The number of pyridine rings is 2. The number of benzene rings is 2. The Balaban J connectivity index is 1.46. The van der Waals surface area contributed by atoms with E-state index in [1.165, 1.54) is 29.3 Å². The van der Waals surface area contributed by atoms with Crippen LogP contribution in [0.5, 0.6) is 5.75 Å². The van der Waals surface area contributed by atoms with Crippen LogP contribution in [0.1, 0.15) is 22.7 Å². The maximum absolute atomic E-state index is 14.7. The Hall–Kier alpha value is -4.64. The number of likely N-dealkylation sites (tertiary alicyclic amines) is 1. The molecule has 0 aliphatic carbocycles. The summed E-state index contributed by atoms with van der Waals surface area (Å²) in [4.78, 5) is 32.7. The summed E-state index contributed by atoms with van der Waals surface area (Å²) in [6.45, 7) is 8.59. The first kappa shape index (κ1) is 31.0. The number of hydrogen-bond donors (Lipinski definition) is 1. The van der Waals surface area contributed by atoms with Crippen molar-refractivity contribution in [3.05, 3.63) is 106 Å². The van der Waals surface area contributed by atoms with Crippen molar-refractivity contribution in [2.45, 2.75) is 25.9 Å². The van der Waals surface area contributed by atoms with Gasteiger partial charge in [-0.2, -0.15) is 0 Å². The van der Waals surface area contributed by atoms with Gasteiger partial charge in [-0.3, -0.25) is 9.59 Å². The number of amides is 1. The summed E-state index contributed by atoms with van der Waals surface area (Å²) in [5.74, 6) is -0.181. The van der Waals surface area contributed by atoms with Crippen LogP contribution in [-0.2, 0) is 22.5 Å². The van der Waals surface area contributed by atoms with E-state index in [1.807, 2.05) is 17.6 Å². The minimum Gasteiger partial charge on any atom is -0.490 e. The van der Waals surface area contributed by atoms with Gasteiger partial charge in [0.2, 0.25) is 5.91 Å². The van der Waals surface area contributed by atoms with Gasteiger partial charge in [-0.15, -0.1) is 11.3 Å². The highest BCUT2D eigenvalue weighted by Gasteiger charge is 2.32. The predicted molar refractivity (Wildman–Crippen MR) is 183 cm³/mol. The third-order valence-electron chi connectivity index (χ3n) is 8.97. The average Bonchev–Trinajstić information content (AvgIpc) is 3.55. The van der Waals surface area contributed by atoms with Crippen LogP contribution in [0.4, 0.5) is 4.39 Å². The molecule has 10 heteroatoms. The van der Waals surface area contributed by atoms with Crippen molar-refractivity contribution in [1.82, 2.24) is 19.8 Å². The van der Waals surface area contributed by atoms with E-state index in [2.05, 4.69) is 36.2 Å². The zero-order chi connectivity index (χ0) is 32.7. The van der Waals surface area contributed by atoms with Gasteiger partial charge in [-0.25, -0.2) is 9.37 Å². The molecule has 0 spiro atoms. The molecule has 47 heavy (non-hydrogen) atoms. The quantitative estimate of drug-likeness (QED) is 0.152. The summed E-state index contributed by atoms with van der Waals surface area (Å²) < 4.78 is 28.7. The molecule has 1 fully saturated rings. The fraction of sp³-hybridized carbons (Fsp3) is 0.270. The Morgan fingerprint density at radius 3 is 2.77 bits per heavy atom. The first-order valence-electron chi connectivity index (χ1n) is 15.7. The van der Waals surface area contributed by atoms with Crippen LogP contribution in [0.3, 0.4) is 0 Å². The van der Waals surface area contributed by atoms with Crippen LogP contribution in [0.25, 0.3) is 43.7 Å². The van der Waals surface area contributed by atoms with Gasteiger partial charge < -0.3 is 24.3 Å². The molecule has 8 nitrogen and oxygen atoms in total. The number of fused-ring (bicyclic) bond motifs is 2. The van der Waals surface area contributed by atoms with E-state index in [0.29, 0.717) is 42.3 Å². The van der Waals surface area contributed by atoms with Gasteiger partial charge in [-0.1, -0.05) is 18.7 Å². The average molecular weight is 651 g/mol. The lowest BCUT2D eigenvalue weighted by molar-refractivity contribution is -0.131. The van der Waals surface area contributed by atoms with E-state index in [-0.39, 0.29) is 24.1 Å². The molecule has 0 bridgehead atoms. The molecule has 7 rings (SSSR count). The molecule has 1 saturated heterocycles. The molecule has 240 valence electrons. The van der Waals surface area contributed by atoms with Crippen LogP contribution in [0.15, 0.2) is 77.6 Å². The summed E-state index contributed by atoms with van der Waals surface area (Å²) in [7, 11) is 1.59. The molecule has 1 N–H and O–H groups in total. The molecular weight excluding hydrogens is 615 g/mol. The predicted octanol–water partition coefficient (Wildman–Crippen LogP) is 6.15. The fourth-order valence-electron chi connectivity index (χ4n) is 6.47. The Labute approximate surface area is 276 Å². The lowest BCUT2D eigenvalue weighted by Crippen LogP contribution is -2.52. The Morgan fingerprint density at radius 2 is 1.96 bits per heavy atom. The lowest BCUT2D eigenvalue weighted by Gasteiger charge is -2.39. The summed E-state index contributed by atoms with van der Waals surface area (Å²) in [5, 5.41) is 6.47. The van der Waals surface area contributed by atoms with Gasteiger partial charge in [0.1, 0.15) is 18.2 Å². The first-order chi connectivity index (χ1) is 22.9. The van der Waals surface area contributed by atoms with Crippen LogP contribution in [0, 0.1) is 12.7 Å². The number of hydrogen-bond acceptors (Lipinski definition) is 7. The number of aryl methyl sites for hydroxylation is 1. The van der Waals surface area contributed by atoms with Gasteiger partial charge in [0.25, 0.3) is 5.56 Å². The van der Waals surface area contributed by atoms with Crippen LogP contribution in [-0.4, -0.2) is 60.3 Å². The number of methoxy groups -OCH3 is 1. The highest BCUT2D eigenvalue weighted by molar-refractivity contribution is 7.18. The van der Waals surface area contributed by atoms with Crippen molar-refractivity contribution >= 4 is 27.3 Å². The molecule has 1 amide bonds. The molecule has 3 aromatic heterocycles. The van der Waals surface area contributed by atoms with E-state index in [9.17, 15) is 14.0 Å². The second-order valence-electron chi connectivity index (χ2n) is 12.0. The van der Waals surface area contributed by atoms with E-state index in [4.69, 9.17) is 14.5 Å². The largest absolute Gasteiger partial charge is 0.490 e. The van der Waals surface area contributed by atoms with Crippen molar-refractivity contribution in [3.63, 3.8) is 0 Å². The Morgan fingerprint density at radius 1 is 1.11 bits per heavy atom. The van der Waals surface area contributed by atoms with Crippen molar-refractivity contribution < 1.29 is 18.7 Å². The number of aromatic nitrogens is 2. The minimum absolute atomic E-state index is 0.114. The number of halogens is 1. The topological polar surface area (TPSA) is 85.7 Å². The molecule has 2 aromatic carbocycles. The van der Waals surface area contributed by atoms with Crippen LogP contribution < -0.4 is 15.6 Å². The van der Waals surface area contributed by atoms with Gasteiger partial charge in [0.05, 0.1) is 24.0 Å². The van der Waals surface area contributed by atoms with E-state index in [1.54, 1.807) is 40.9 Å². The maximum Gasteiger partial charge on any atom is 0.253 e. The minimum atomic E-state index is -0.411. The second kappa shape index (κ2) is 12.9. The monoisotopic (exact) mass is 650 g/mol. The highest BCUT2D eigenvalue weighted by atomic mass is 32.1. The smallest absolute Gasteiger partial charge is 0.253 e. The zero-order valence-corrected chi connectivity index (χ0v) is 27.2. The normalized spacial score (nSPS) is 14.6. The zero-order valence-electron chi connectivity index (χ0n) is 26.3. The third-order valence-corrected chi connectivity index (χ3v) is 9.90. The molecule has 0 unspecified atom stereocenters. The number of ether oxygens (including phenoxy) is 2. The molecule has 0 radical (unpaired) electrons. The van der Waals surface area contributed by atoms with E-state index >= 15 is 0 Å². The molecule has 0 saturated carbocycles. The fourth-order valence-corrected chi connectivity index (χ4v) is 7.43. The van der Waals surface area contributed by atoms with Crippen molar-refractivity contribution in [3.8, 4) is 39.4 Å². The highest BCUT2D eigenvalue weighted by Crippen LogP contribution is 2.46. The van der Waals surface area contributed by atoms with Crippen LogP contribution in [0.2, 0.25) is 0 Å². The molecule has 0 atom stereocenters. The lowest BCUT2D eigenvalue weighted by atomic mass is 9.93. The molecule has 2 aliphatic rings. The third kappa shape index (κ3) is 5.77. The molecule has 5 aromatic rings. The van der Waals surface area contributed by atoms with Crippen molar-refractivity contribution in [2.24, 2.45) is 0 Å². The molecule has 5 heterocycles. The van der Waals surface area contributed by atoms with E-state index in [0.717, 1.165) is 52.0 Å². The van der Waals surface area contributed by atoms with Gasteiger partial charge in [-0.05, 0) is 72.8 Å². The van der Waals surface area contributed by atoms with Crippen molar-refractivity contribution in [1.29, 1.82) is 0 Å². The number of thiophene rings is 1. The maximum atomic E-state index is 14.7. The van der Waals surface area contributed by atoms with Crippen LogP contribution >= 0.6 is 11.3 Å². The molecular formula is C37H35FN4O4S. The number of carbonyl (C=O) groups is 1.